The second-order valence-electron chi connectivity index (χ2n) is 10.4. The summed E-state index contributed by atoms with van der Waals surface area (Å²) in [5.41, 5.74) is 2.15. The van der Waals surface area contributed by atoms with E-state index in [0.29, 0.717) is 37.8 Å². The fraction of sp³-hybridized carbons (Fsp3) is 0.364. The van der Waals surface area contributed by atoms with Crippen molar-refractivity contribution in [3.8, 4) is 11.1 Å². The summed E-state index contributed by atoms with van der Waals surface area (Å²) in [6.07, 6.45) is -1.32. The molecule has 3 N–H and O–H groups in total. The van der Waals surface area contributed by atoms with E-state index in [1.807, 2.05) is 55.5 Å². The molecule has 240 valence electrons. The van der Waals surface area contributed by atoms with Gasteiger partial charge in [-0.3, -0.25) is 14.4 Å². The molecular weight excluding hydrogens is 589 g/mol. The molecule has 0 saturated carbocycles. The number of aromatic nitrogens is 1. The molecule has 1 aromatic heterocycles. The summed E-state index contributed by atoms with van der Waals surface area (Å²) in [5.74, 6) is -4.30. The van der Waals surface area contributed by atoms with Crippen LogP contribution in [0.1, 0.15) is 63.5 Å². The molecule has 2 amide bonds. The topological polar surface area (TPSA) is 126 Å². The number of hydrogen-bond donors (Lipinski definition) is 3. The minimum atomic E-state index is -5.35. The Labute approximate surface area is 260 Å². The Hall–Kier alpha value is -4.74. The van der Waals surface area contributed by atoms with Crippen molar-refractivity contribution in [3.05, 3.63) is 84.6 Å². The molecule has 0 saturated heterocycles. The van der Waals surface area contributed by atoms with Crippen LogP contribution in [0.15, 0.2) is 79.0 Å². The number of esters is 2. The first-order chi connectivity index (χ1) is 21.6. The maximum atomic E-state index is 13.4. The highest BCUT2D eigenvalue weighted by molar-refractivity contribution is 5.90. The number of unbranched alkanes of at least 4 members (excludes halogenated alkanes) is 2. The highest BCUT2D eigenvalue weighted by Crippen LogP contribution is 2.25. The van der Waals surface area contributed by atoms with Gasteiger partial charge in [-0.05, 0) is 48.1 Å². The Morgan fingerprint density at radius 1 is 0.844 bits per heavy atom. The van der Waals surface area contributed by atoms with Crippen molar-refractivity contribution in [3.63, 3.8) is 0 Å². The normalized spacial score (nSPS) is 12.4. The van der Waals surface area contributed by atoms with Gasteiger partial charge in [-0.1, -0.05) is 80.4 Å². The predicted molar refractivity (Wildman–Crippen MR) is 163 cm³/mol. The third-order valence-electron chi connectivity index (χ3n) is 6.85. The number of nitrogens with one attached hydrogen (secondary N) is 3. The molecule has 0 spiro atoms. The molecule has 0 radical (unpaired) electrons. The zero-order valence-corrected chi connectivity index (χ0v) is 24.9. The van der Waals surface area contributed by atoms with E-state index in [4.69, 9.17) is 0 Å². The molecule has 9 nitrogen and oxygen atoms in total. The van der Waals surface area contributed by atoms with Gasteiger partial charge in [0.15, 0.2) is 0 Å². The highest BCUT2D eigenvalue weighted by atomic mass is 19.4. The lowest BCUT2D eigenvalue weighted by Gasteiger charge is -2.24. The van der Waals surface area contributed by atoms with Gasteiger partial charge in [0.05, 0.1) is 12.5 Å². The number of anilines is 1. The van der Waals surface area contributed by atoms with Gasteiger partial charge >= 0.3 is 18.1 Å². The molecule has 0 aliphatic carbocycles. The summed E-state index contributed by atoms with van der Waals surface area (Å²) < 4.78 is 42.1. The number of ether oxygens (including phenoxy) is 1. The summed E-state index contributed by atoms with van der Waals surface area (Å²) >= 11 is 0. The van der Waals surface area contributed by atoms with Crippen molar-refractivity contribution in [1.29, 1.82) is 0 Å². The lowest BCUT2D eigenvalue weighted by Crippen LogP contribution is -2.48. The van der Waals surface area contributed by atoms with Crippen molar-refractivity contribution in [2.75, 3.05) is 11.9 Å². The molecule has 1 unspecified atom stereocenters. The van der Waals surface area contributed by atoms with Crippen LogP contribution in [0.3, 0.4) is 0 Å². The Bertz CT molecular complexity index is 1390. The number of halogens is 3. The van der Waals surface area contributed by atoms with Crippen LogP contribution in [-0.4, -0.2) is 47.5 Å². The van der Waals surface area contributed by atoms with Gasteiger partial charge in [-0.25, -0.2) is 9.78 Å². The third kappa shape index (κ3) is 12.0. The zero-order valence-electron chi connectivity index (χ0n) is 24.9. The van der Waals surface area contributed by atoms with Crippen molar-refractivity contribution in [2.24, 2.45) is 0 Å². The zero-order chi connectivity index (χ0) is 32.7. The molecule has 0 aliphatic rings. The van der Waals surface area contributed by atoms with Gasteiger partial charge in [-0.2, -0.15) is 13.2 Å². The minimum absolute atomic E-state index is 0.177. The number of pyridine rings is 1. The molecule has 0 fully saturated rings. The van der Waals surface area contributed by atoms with Gasteiger partial charge in [0, 0.05) is 19.2 Å². The molecule has 2 atom stereocenters. The fourth-order valence-electron chi connectivity index (χ4n) is 4.47. The van der Waals surface area contributed by atoms with Crippen molar-refractivity contribution in [1.82, 2.24) is 15.6 Å². The second-order valence-corrected chi connectivity index (χ2v) is 10.4. The third-order valence-corrected chi connectivity index (χ3v) is 6.85. The van der Waals surface area contributed by atoms with Crippen LogP contribution in [0.4, 0.5) is 19.0 Å². The smallest absolute Gasteiger partial charge is 0.386 e. The van der Waals surface area contributed by atoms with Crippen LogP contribution in [0.5, 0.6) is 0 Å². The average molecular weight is 627 g/mol. The summed E-state index contributed by atoms with van der Waals surface area (Å²) in [4.78, 5) is 53.9. The van der Waals surface area contributed by atoms with E-state index in [1.165, 1.54) is 0 Å². The number of carbonyl (C=O) groups excluding carboxylic acids is 4. The molecule has 45 heavy (non-hydrogen) atoms. The number of amides is 2. The standard InChI is InChI=1S/C33H37F3N4O5/c1-2-3-13-26(39-29(41)15-8-10-21-38-28-14-7-9-20-37-28)31(43)40-27(22-30(42)45-32(44)33(34,35)36)25-18-16-24(17-19-25)23-11-5-4-6-12-23/h4-7,9,11-12,14,16-20,26-27H,2-3,8,10,13,15,21-22H2,1H3,(H,37,38)(H,39,41)(H,40,43)/t26-,27?/m0/s1. The average Bonchev–Trinajstić information content (AvgIpc) is 3.03. The van der Waals surface area contributed by atoms with Crippen molar-refractivity contribution in [2.45, 2.75) is 70.1 Å². The molecule has 3 aromatic rings. The van der Waals surface area contributed by atoms with E-state index in [2.05, 4.69) is 25.7 Å². The van der Waals surface area contributed by atoms with Crippen LogP contribution in [0, 0.1) is 0 Å². The molecule has 12 heteroatoms. The highest BCUT2D eigenvalue weighted by Gasteiger charge is 2.42. The number of carbonyl (C=O) groups is 4. The van der Waals surface area contributed by atoms with Gasteiger partial charge < -0.3 is 20.7 Å². The van der Waals surface area contributed by atoms with E-state index in [1.54, 1.807) is 30.5 Å². The lowest BCUT2D eigenvalue weighted by atomic mass is 9.98. The number of alkyl halides is 3. The molecular formula is C33H37F3N4O5. The van der Waals surface area contributed by atoms with Crippen LogP contribution in [-0.2, 0) is 23.9 Å². The first kappa shape index (κ1) is 34.7. The summed E-state index contributed by atoms with van der Waals surface area (Å²) in [7, 11) is 0. The predicted octanol–water partition coefficient (Wildman–Crippen LogP) is 5.89. The number of nitrogens with zero attached hydrogens (tertiary/aromatic N) is 1. The van der Waals surface area contributed by atoms with Gasteiger partial charge in [0.1, 0.15) is 11.9 Å². The monoisotopic (exact) mass is 626 g/mol. The maximum absolute atomic E-state index is 13.4. The van der Waals surface area contributed by atoms with Crippen LogP contribution < -0.4 is 16.0 Å². The molecule has 3 rings (SSSR count). The van der Waals surface area contributed by atoms with E-state index < -0.39 is 42.5 Å². The minimum Gasteiger partial charge on any atom is -0.386 e. The van der Waals surface area contributed by atoms with E-state index >= 15 is 0 Å². The molecule has 2 aromatic carbocycles. The van der Waals surface area contributed by atoms with Crippen molar-refractivity contribution < 1.29 is 37.1 Å². The Kier molecular flexibility index (Phi) is 13.5. The number of hydrogen-bond acceptors (Lipinski definition) is 7. The Morgan fingerprint density at radius 2 is 1.53 bits per heavy atom. The largest absolute Gasteiger partial charge is 0.491 e. The Morgan fingerprint density at radius 3 is 2.18 bits per heavy atom. The first-order valence-corrected chi connectivity index (χ1v) is 14.8. The Balaban J connectivity index is 1.67. The van der Waals surface area contributed by atoms with Crippen molar-refractivity contribution >= 4 is 29.6 Å². The quantitative estimate of drug-likeness (QED) is 0.103. The summed E-state index contributed by atoms with van der Waals surface area (Å²) in [6.45, 7) is 2.54. The van der Waals surface area contributed by atoms with Crippen LogP contribution >= 0.6 is 0 Å². The molecule has 0 aliphatic heterocycles. The summed E-state index contributed by atoms with van der Waals surface area (Å²) in [6, 6.07) is 19.6. The van der Waals surface area contributed by atoms with E-state index in [-0.39, 0.29) is 12.3 Å². The van der Waals surface area contributed by atoms with Gasteiger partial charge in [-0.15, -0.1) is 0 Å². The second kappa shape index (κ2) is 17.5. The number of benzene rings is 2. The van der Waals surface area contributed by atoms with Gasteiger partial charge in [0.2, 0.25) is 11.8 Å². The molecule has 1 heterocycles. The number of rotatable bonds is 16. The molecule has 0 bridgehead atoms. The first-order valence-electron chi connectivity index (χ1n) is 14.8. The van der Waals surface area contributed by atoms with Crippen LogP contribution in [0.25, 0.3) is 11.1 Å². The lowest BCUT2D eigenvalue weighted by molar-refractivity contribution is -0.202. The van der Waals surface area contributed by atoms with E-state index in [9.17, 15) is 32.3 Å². The maximum Gasteiger partial charge on any atom is 0.491 e. The van der Waals surface area contributed by atoms with Crippen LogP contribution in [0.2, 0.25) is 0 Å². The summed E-state index contributed by atoms with van der Waals surface area (Å²) in [5, 5.41) is 8.59. The van der Waals surface area contributed by atoms with Gasteiger partial charge in [0.25, 0.3) is 0 Å². The fourth-order valence-corrected chi connectivity index (χ4v) is 4.47. The SMILES string of the molecule is CCCC[C@H](NC(=O)CCCCNc1ccccn1)C(=O)NC(CC(=O)OC(=O)C(F)(F)F)c1ccc(-c2ccccc2)cc1. The van der Waals surface area contributed by atoms with E-state index in [0.717, 1.165) is 23.4 Å².